The molecule has 0 atom stereocenters. The molecule has 1 aromatic carbocycles. The molecule has 1 aliphatic heterocycles. The minimum atomic E-state index is -0.776. The minimum absolute atomic E-state index is 0.0823. The van der Waals surface area contributed by atoms with E-state index in [4.69, 9.17) is 4.74 Å². The number of para-hydroxylation sites is 1. The summed E-state index contributed by atoms with van der Waals surface area (Å²) in [6.07, 6.45) is 0.735. The Balaban J connectivity index is 1.67. The van der Waals surface area contributed by atoms with Crippen molar-refractivity contribution in [3.05, 3.63) is 47.9 Å². The lowest BCUT2D eigenvalue weighted by Gasteiger charge is -2.33. The summed E-state index contributed by atoms with van der Waals surface area (Å²) < 4.78 is 32.5. The van der Waals surface area contributed by atoms with Gasteiger partial charge in [0.25, 0.3) is 5.91 Å². The molecule has 1 N–H and O–H groups in total. The standard InChI is InChI=1S/C18H19F2N5O3/c1-2-28-18(27)25-8-6-24(7-9-25)17(26)14-10-15(22-11-21-14)23-16-12(19)4-3-5-13(16)20/h3-5,10-11H,2,6-9H2,1H3,(H,21,22,23). The number of halogens is 2. The number of nitrogens with zero attached hydrogens (tertiary/aromatic N) is 4. The molecule has 10 heteroatoms. The normalized spacial score (nSPS) is 14.0. The number of anilines is 2. The molecule has 2 heterocycles. The summed E-state index contributed by atoms with van der Waals surface area (Å²) >= 11 is 0. The van der Waals surface area contributed by atoms with Crippen molar-refractivity contribution in [2.75, 3.05) is 38.1 Å². The summed E-state index contributed by atoms with van der Waals surface area (Å²) in [4.78, 5) is 35.3. The van der Waals surface area contributed by atoms with E-state index in [9.17, 15) is 18.4 Å². The van der Waals surface area contributed by atoms with Crippen LogP contribution in [0, 0.1) is 11.6 Å². The number of hydrogen-bond acceptors (Lipinski definition) is 6. The molecular weight excluding hydrogens is 372 g/mol. The van der Waals surface area contributed by atoms with Crippen LogP contribution in [0.4, 0.5) is 25.1 Å². The SMILES string of the molecule is CCOC(=O)N1CCN(C(=O)c2cc(Nc3c(F)cccc3F)ncn2)CC1. The van der Waals surface area contributed by atoms with Gasteiger partial charge < -0.3 is 19.9 Å². The first kappa shape index (κ1) is 19.5. The molecule has 0 unspecified atom stereocenters. The van der Waals surface area contributed by atoms with Gasteiger partial charge >= 0.3 is 6.09 Å². The van der Waals surface area contributed by atoms with Crippen molar-refractivity contribution in [2.45, 2.75) is 6.92 Å². The number of benzene rings is 1. The van der Waals surface area contributed by atoms with Crippen molar-refractivity contribution in [1.29, 1.82) is 0 Å². The van der Waals surface area contributed by atoms with E-state index < -0.39 is 17.7 Å². The predicted octanol–water partition coefficient (Wildman–Crippen LogP) is 2.41. The van der Waals surface area contributed by atoms with Gasteiger partial charge in [0, 0.05) is 32.2 Å². The maximum atomic E-state index is 13.8. The van der Waals surface area contributed by atoms with Gasteiger partial charge in [-0.2, -0.15) is 0 Å². The van der Waals surface area contributed by atoms with E-state index in [2.05, 4.69) is 15.3 Å². The van der Waals surface area contributed by atoms with E-state index in [1.165, 1.54) is 17.0 Å². The Bertz CT molecular complexity index is 852. The van der Waals surface area contributed by atoms with Crippen LogP contribution in [0.15, 0.2) is 30.6 Å². The van der Waals surface area contributed by atoms with E-state index in [1.807, 2.05) is 0 Å². The Hall–Kier alpha value is -3.30. The predicted molar refractivity (Wildman–Crippen MR) is 96.2 cm³/mol. The van der Waals surface area contributed by atoms with E-state index >= 15 is 0 Å². The molecule has 0 saturated carbocycles. The Labute approximate surface area is 160 Å². The van der Waals surface area contributed by atoms with E-state index in [0.29, 0.717) is 26.2 Å². The van der Waals surface area contributed by atoms with Crippen LogP contribution in [0.25, 0.3) is 0 Å². The first-order valence-corrected chi connectivity index (χ1v) is 8.73. The Morgan fingerprint density at radius 1 is 1.11 bits per heavy atom. The van der Waals surface area contributed by atoms with Gasteiger partial charge in [0.15, 0.2) is 0 Å². The van der Waals surface area contributed by atoms with Crippen LogP contribution >= 0.6 is 0 Å². The maximum Gasteiger partial charge on any atom is 0.409 e. The zero-order valence-corrected chi connectivity index (χ0v) is 15.2. The third-order valence-electron chi connectivity index (χ3n) is 4.19. The molecule has 148 valence electrons. The molecule has 0 bridgehead atoms. The minimum Gasteiger partial charge on any atom is -0.450 e. The number of carbonyl (C=O) groups excluding carboxylic acids is 2. The number of amides is 2. The Morgan fingerprint density at radius 2 is 1.75 bits per heavy atom. The molecule has 1 saturated heterocycles. The maximum absolute atomic E-state index is 13.8. The van der Waals surface area contributed by atoms with Gasteiger partial charge in [0.2, 0.25) is 0 Å². The van der Waals surface area contributed by atoms with E-state index in [0.717, 1.165) is 18.5 Å². The molecular formula is C18H19F2N5O3. The Morgan fingerprint density at radius 3 is 2.39 bits per heavy atom. The molecule has 1 aromatic heterocycles. The highest BCUT2D eigenvalue weighted by Crippen LogP contribution is 2.22. The van der Waals surface area contributed by atoms with Crippen molar-refractivity contribution in [3.8, 4) is 0 Å². The van der Waals surface area contributed by atoms with Gasteiger partial charge in [-0.1, -0.05) is 6.07 Å². The van der Waals surface area contributed by atoms with Crippen LogP contribution in [0.3, 0.4) is 0 Å². The molecule has 1 fully saturated rings. The number of nitrogens with one attached hydrogen (secondary N) is 1. The van der Waals surface area contributed by atoms with Gasteiger partial charge in [-0.3, -0.25) is 4.79 Å². The quantitative estimate of drug-likeness (QED) is 0.861. The van der Waals surface area contributed by atoms with Crippen molar-refractivity contribution < 1.29 is 23.1 Å². The van der Waals surface area contributed by atoms with Gasteiger partial charge in [-0.05, 0) is 19.1 Å². The van der Waals surface area contributed by atoms with Crippen LogP contribution < -0.4 is 5.32 Å². The van der Waals surface area contributed by atoms with E-state index in [-0.39, 0.29) is 29.7 Å². The fraction of sp³-hybridized carbons (Fsp3) is 0.333. The molecule has 28 heavy (non-hydrogen) atoms. The van der Waals surface area contributed by atoms with Crippen LogP contribution in [0.5, 0.6) is 0 Å². The molecule has 8 nitrogen and oxygen atoms in total. The van der Waals surface area contributed by atoms with Crippen molar-refractivity contribution >= 4 is 23.5 Å². The van der Waals surface area contributed by atoms with Gasteiger partial charge in [-0.15, -0.1) is 0 Å². The van der Waals surface area contributed by atoms with Crippen LogP contribution in [-0.2, 0) is 4.74 Å². The Kier molecular flexibility index (Phi) is 5.97. The molecule has 3 rings (SSSR count). The zero-order chi connectivity index (χ0) is 20.1. The molecule has 1 aliphatic rings. The molecule has 2 amide bonds. The van der Waals surface area contributed by atoms with Crippen LogP contribution in [0.2, 0.25) is 0 Å². The highest BCUT2D eigenvalue weighted by molar-refractivity contribution is 5.93. The average molecular weight is 391 g/mol. The lowest BCUT2D eigenvalue weighted by molar-refractivity contribution is 0.0566. The first-order chi connectivity index (χ1) is 13.5. The van der Waals surface area contributed by atoms with Crippen molar-refractivity contribution in [3.63, 3.8) is 0 Å². The number of rotatable bonds is 4. The summed E-state index contributed by atoms with van der Waals surface area (Å²) in [6.45, 7) is 3.37. The van der Waals surface area contributed by atoms with E-state index in [1.54, 1.807) is 11.8 Å². The van der Waals surface area contributed by atoms with Gasteiger partial charge in [-0.25, -0.2) is 23.5 Å². The number of hydrogen-bond donors (Lipinski definition) is 1. The molecule has 0 radical (unpaired) electrons. The highest BCUT2D eigenvalue weighted by atomic mass is 19.1. The number of piperazine rings is 1. The molecule has 2 aromatic rings. The fourth-order valence-corrected chi connectivity index (χ4v) is 2.76. The second-order valence-corrected chi connectivity index (χ2v) is 5.99. The van der Waals surface area contributed by atoms with Crippen molar-refractivity contribution in [2.24, 2.45) is 0 Å². The summed E-state index contributed by atoms with van der Waals surface area (Å²) in [5.41, 5.74) is -0.276. The fourth-order valence-electron chi connectivity index (χ4n) is 2.76. The largest absolute Gasteiger partial charge is 0.450 e. The highest BCUT2D eigenvalue weighted by Gasteiger charge is 2.26. The van der Waals surface area contributed by atoms with Crippen LogP contribution in [0.1, 0.15) is 17.4 Å². The lowest BCUT2D eigenvalue weighted by Crippen LogP contribution is -2.50. The number of ether oxygens (including phenoxy) is 1. The van der Waals surface area contributed by atoms with Gasteiger partial charge in [0.1, 0.15) is 35.2 Å². The third-order valence-corrected chi connectivity index (χ3v) is 4.19. The van der Waals surface area contributed by atoms with Crippen LogP contribution in [-0.4, -0.2) is 64.6 Å². The summed E-state index contributed by atoms with van der Waals surface area (Å²) in [6, 6.07) is 4.80. The summed E-state index contributed by atoms with van der Waals surface area (Å²) in [5, 5.41) is 2.53. The smallest absolute Gasteiger partial charge is 0.409 e. The number of aromatic nitrogens is 2. The second-order valence-electron chi connectivity index (χ2n) is 5.99. The van der Waals surface area contributed by atoms with Gasteiger partial charge in [0.05, 0.1) is 6.61 Å². The zero-order valence-electron chi connectivity index (χ0n) is 15.2. The summed E-state index contributed by atoms with van der Waals surface area (Å²) in [5.74, 6) is -1.82. The lowest BCUT2D eigenvalue weighted by atomic mass is 10.2. The molecule has 0 aliphatic carbocycles. The number of carbonyl (C=O) groups is 2. The third kappa shape index (κ3) is 4.33. The summed E-state index contributed by atoms with van der Waals surface area (Å²) in [7, 11) is 0. The second kappa shape index (κ2) is 8.59. The average Bonchev–Trinajstić information content (AvgIpc) is 2.71. The monoisotopic (exact) mass is 391 g/mol. The van der Waals surface area contributed by atoms with Crippen molar-refractivity contribution in [1.82, 2.24) is 19.8 Å². The first-order valence-electron chi connectivity index (χ1n) is 8.73. The molecule has 0 spiro atoms. The topological polar surface area (TPSA) is 87.7 Å².